The molecule has 30 heavy (non-hydrogen) atoms. The summed E-state index contributed by atoms with van der Waals surface area (Å²) >= 11 is 0. The number of amides is 2. The van der Waals surface area contributed by atoms with Gasteiger partial charge in [-0.1, -0.05) is 48.5 Å². The van der Waals surface area contributed by atoms with Crippen LogP contribution in [0.1, 0.15) is 61.1 Å². The van der Waals surface area contributed by atoms with Gasteiger partial charge >= 0.3 is 0 Å². The first-order chi connectivity index (χ1) is 14.3. The van der Waals surface area contributed by atoms with Gasteiger partial charge < -0.3 is 10.2 Å². The molecule has 4 rings (SSSR count). The average Bonchev–Trinajstić information content (AvgIpc) is 3.01. The van der Waals surface area contributed by atoms with Crippen LogP contribution in [0, 0.1) is 0 Å². The smallest absolute Gasteiger partial charge is 0.255 e. The Bertz CT molecular complexity index is 911. The van der Waals surface area contributed by atoms with E-state index in [0.717, 1.165) is 38.0 Å². The van der Waals surface area contributed by atoms with Crippen molar-refractivity contribution in [2.24, 2.45) is 0 Å². The molecule has 2 heterocycles. The molecule has 2 aromatic carbocycles. The Kier molecular flexibility index (Phi) is 5.65. The maximum Gasteiger partial charge on any atom is 0.255 e. The number of benzene rings is 2. The summed E-state index contributed by atoms with van der Waals surface area (Å²) in [6, 6.07) is 17.6. The zero-order valence-electron chi connectivity index (χ0n) is 18.1. The Morgan fingerprint density at radius 2 is 1.63 bits per heavy atom. The van der Waals surface area contributed by atoms with Crippen LogP contribution >= 0.6 is 0 Å². The average molecular weight is 406 g/mol. The van der Waals surface area contributed by atoms with Crippen molar-refractivity contribution in [2.45, 2.75) is 57.8 Å². The molecular formula is C25H31N3O2. The van der Waals surface area contributed by atoms with E-state index in [-0.39, 0.29) is 23.4 Å². The Labute approximate surface area is 179 Å². The Morgan fingerprint density at radius 3 is 2.30 bits per heavy atom. The molecule has 1 atom stereocenters. The molecule has 2 aliphatic rings. The van der Waals surface area contributed by atoms with Crippen molar-refractivity contribution < 1.29 is 9.59 Å². The van der Waals surface area contributed by atoms with Crippen molar-refractivity contribution in [1.82, 2.24) is 15.1 Å². The maximum absolute atomic E-state index is 13.3. The minimum atomic E-state index is -0.543. The third-order valence-electron chi connectivity index (χ3n) is 5.94. The zero-order valence-corrected chi connectivity index (χ0v) is 18.1. The number of likely N-dealkylation sites (tertiary alicyclic amines) is 1. The number of hydrogen-bond donors (Lipinski definition) is 1. The topological polar surface area (TPSA) is 52.7 Å². The Morgan fingerprint density at radius 1 is 1.00 bits per heavy atom. The summed E-state index contributed by atoms with van der Waals surface area (Å²) in [7, 11) is 0. The lowest BCUT2D eigenvalue weighted by molar-refractivity contribution is -0.128. The minimum Gasteiger partial charge on any atom is -0.349 e. The monoisotopic (exact) mass is 405 g/mol. The van der Waals surface area contributed by atoms with E-state index in [1.165, 1.54) is 5.56 Å². The molecule has 0 aromatic heterocycles. The van der Waals surface area contributed by atoms with Gasteiger partial charge in [-0.3, -0.25) is 14.5 Å². The second kappa shape index (κ2) is 8.23. The summed E-state index contributed by atoms with van der Waals surface area (Å²) < 4.78 is 0. The predicted molar refractivity (Wildman–Crippen MR) is 118 cm³/mol. The van der Waals surface area contributed by atoms with Gasteiger partial charge in [0.1, 0.15) is 6.04 Å². The molecule has 1 fully saturated rings. The van der Waals surface area contributed by atoms with Crippen LogP contribution in [0.3, 0.4) is 0 Å². The molecule has 5 nitrogen and oxygen atoms in total. The van der Waals surface area contributed by atoms with Crippen molar-refractivity contribution in [3.8, 4) is 0 Å². The normalized spacial score (nSPS) is 20.3. The van der Waals surface area contributed by atoms with Gasteiger partial charge in [0.25, 0.3) is 5.91 Å². The molecule has 5 heteroatoms. The first-order valence-electron chi connectivity index (χ1n) is 10.8. The summed E-state index contributed by atoms with van der Waals surface area (Å²) in [5.74, 6) is -0.103. The molecule has 2 amide bonds. The lowest BCUT2D eigenvalue weighted by atomic mass is 9.98. The maximum atomic E-state index is 13.3. The van der Waals surface area contributed by atoms with E-state index >= 15 is 0 Å². The number of carbonyl (C=O) groups excluding carboxylic acids is 2. The van der Waals surface area contributed by atoms with Crippen molar-refractivity contribution in [3.05, 3.63) is 71.3 Å². The van der Waals surface area contributed by atoms with Gasteiger partial charge in [-0.05, 0) is 50.8 Å². The first kappa shape index (κ1) is 20.6. The van der Waals surface area contributed by atoms with E-state index in [1.807, 2.05) is 56.0 Å². The van der Waals surface area contributed by atoms with Gasteiger partial charge in [-0.15, -0.1) is 0 Å². The minimum absolute atomic E-state index is 0.0128. The molecule has 0 bridgehead atoms. The number of nitrogens with one attached hydrogen (secondary N) is 1. The first-order valence-corrected chi connectivity index (χ1v) is 10.8. The highest BCUT2D eigenvalue weighted by Gasteiger charge is 2.45. The lowest BCUT2D eigenvalue weighted by Crippen LogP contribution is -2.51. The molecule has 0 aliphatic carbocycles. The highest BCUT2D eigenvalue weighted by molar-refractivity contribution is 6.05. The van der Waals surface area contributed by atoms with Crippen LogP contribution in [-0.4, -0.2) is 46.3 Å². The summed E-state index contributed by atoms with van der Waals surface area (Å²) in [6.07, 6.45) is 1.76. The highest BCUT2D eigenvalue weighted by atomic mass is 16.2. The summed E-state index contributed by atoms with van der Waals surface area (Å²) in [4.78, 5) is 30.8. The summed E-state index contributed by atoms with van der Waals surface area (Å²) in [6.45, 7) is 8.69. The zero-order chi connectivity index (χ0) is 21.3. The van der Waals surface area contributed by atoms with Crippen LogP contribution in [0.15, 0.2) is 54.6 Å². The molecule has 0 radical (unpaired) electrons. The Balaban J connectivity index is 1.51. The summed E-state index contributed by atoms with van der Waals surface area (Å²) in [5.41, 5.74) is 2.46. The SMILES string of the molecule is CC(C)(C)NC(=O)C1c2ccccc2C(=O)N1C1CCN(Cc2ccccc2)CC1. The van der Waals surface area contributed by atoms with Crippen molar-refractivity contribution in [1.29, 1.82) is 0 Å². The standard InChI is InChI=1S/C25H31N3O2/c1-25(2,3)26-23(29)22-20-11-7-8-12-21(20)24(30)28(22)19-13-15-27(16-14-19)17-18-9-5-4-6-10-18/h4-12,19,22H,13-17H2,1-3H3,(H,26,29). The molecular weight excluding hydrogens is 374 g/mol. The highest BCUT2D eigenvalue weighted by Crippen LogP contribution is 2.38. The Hall–Kier alpha value is -2.66. The van der Waals surface area contributed by atoms with Gasteiger partial charge in [0.2, 0.25) is 5.91 Å². The van der Waals surface area contributed by atoms with Crippen LogP contribution in [0.2, 0.25) is 0 Å². The fraction of sp³-hybridized carbons (Fsp3) is 0.440. The molecule has 0 saturated carbocycles. The lowest BCUT2D eigenvalue weighted by Gasteiger charge is -2.39. The second-order valence-corrected chi connectivity index (χ2v) is 9.43. The summed E-state index contributed by atoms with van der Waals surface area (Å²) in [5, 5.41) is 3.09. The fourth-order valence-electron chi connectivity index (χ4n) is 4.62. The van der Waals surface area contributed by atoms with E-state index < -0.39 is 6.04 Å². The largest absolute Gasteiger partial charge is 0.349 e. The van der Waals surface area contributed by atoms with E-state index in [1.54, 1.807) is 0 Å². The number of nitrogens with zero attached hydrogens (tertiary/aromatic N) is 2. The van der Waals surface area contributed by atoms with E-state index in [0.29, 0.717) is 5.56 Å². The number of fused-ring (bicyclic) bond motifs is 1. The van der Waals surface area contributed by atoms with Crippen LogP contribution in [0.4, 0.5) is 0 Å². The molecule has 2 aliphatic heterocycles. The van der Waals surface area contributed by atoms with E-state index in [9.17, 15) is 9.59 Å². The number of rotatable bonds is 4. The van der Waals surface area contributed by atoms with Crippen LogP contribution in [0.5, 0.6) is 0 Å². The van der Waals surface area contributed by atoms with Crippen molar-refractivity contribution in [2.75, 3.05) is 13.1 Å². The van der Waals surface area contributed by atoms with Gasteiger partial charge in [-0.2, -0.15) is 0 Å². The third-order valence-corrected chi connectivity index (χ3v) is 5.94. The van der Waals surface area contributed by atoms with E-state index in [4.69, 9.17) is 0 Å². The van der Waals surface area contributed by atoms with E-state index in [2.05, 4.69) is 34.5 Å². The molecule has 1 N–H and O–H groups in total. The van der Waals surface area contributed by atoms with Gasteiger partial charge in [0.15, 0.2) is 0 Å². The van der Waals surface area contributed by atoms with Crippen LogP contribution in [0.25, 0.3) is 0 Å². The quantitative estimate of drug-likeness (QED) is 0.843. The van der Waals surface area contributed by atoms with Gasteiger partial charge in [0.05, 0.1) is 0 Å². The van der Waals surface area contributed by atoms with Gasteiger partial charge in [-0.25, -0.2) is 0 Å². The molecule has 1 unspecified atom stereocenters. The second-order valence-electron chi connectivity index (χ2n) is 9.43. The number of hydrogen-bond acceptors (Lipinski definition) is 3. The molecule has 1 saturated heterocycles. The predicted octanol–water partition coefficient (Wildman–Crippen LogP) is 3.76. The molecule has 0 spiro atoms. The van der Waals surface area contributed by atoms with Crippen LogP contribution in [-0.2, 0) is 11.3 Å². The fourth-order valence-corrected chi connectivity index (χ4v) is 4.62. The molecule has 2 aromatic rings. The van der Waals surface area contributed by atoms with Crippen molar-refractivity contribution in [3.63, 3.8) is 0 Å². The molecule has 158 valence electrons. The number of carbonyl (C=O) groups is 2. The van der Waals surface area contributed by atoms with Crippen molar-refractivity contribution >= 4 is 11.8 Å². The third kappa shape index (κ3) is 4.26. The number of piperidine rings is 1. The van der Waals surface area contributed by atoms with Gasteiger partial charge in [0, 0.05) is 36.8 Å². The van der Waals surface area contributed by atoms with Crippen LogP contribution < -0.4 is 5.32 Å².